The van der Waals surface area contributed by atoms with E-state index in [9.17, 15) is 9.59 Å². The van der Waals surface area contributed by atoms with Crippen molar-refractivity contribution in [3.8, 4) is 0 Å². The van der Waals surface area contributed by atoms with E-state index in [0.717, 1.165) is 0 Å². The summed E-state index contributed by atoms with van der Waals surface area (Å²) < 4.78 is 0. The van der Waals surface area contributed by atoms with Gasteiger partial charge in [-0.25, -0.2) is 9.97 Å². The van der Waals surface area contributed by atoms with Crippen molar-refractivity contribution >= 4 is 11.7 Å². The van der Waals surface area contributed by atoms with E-state index in [1.165, 1.54) is 18.7 Å². The molecule has 0 unspecified atom stereocenters. The van der Waals surface area contributed by atoms with E-state index < -0.39 is 0 Å². The first kappa shape index (κ1) is 11.9. The Morgan fingerprint density at radius 3 is 2.33 bits per heavy atom. The molecule has 0 radical (unpaired) electrons. The summed E-state index contributed by atoms with van der Waals surface area (Å²) in [4.78, 5) is 30.8. The zero-order chi connectivity index (χ0) is 12.8. The summed E-state index contributed by atoms with van der Waals surface area (Å²) >= 11 is 0. The van der Waals surface area contributed by atoms with Crippen LogP contribution in [0.25, 0.3) is 0 Å². The fourth-order valence-corrected chi connectivity index (χ4v) is 1.41. The van der Waals surface area contributed by atoms with Crippen molar-refractivity contribution in [2.75, 3.05) is 6.54 Å². The molecule has 0 saturated carbocycles. The second-order valence-electron chi connectivity index (χ2n) is 3.60. The molecular weight excluding hydrogens is 230 g/mol. The summed E-state index contributed by atoms with van der Waals surface area (Å²) in [5.41, 5.74) is 0.903. The number of aromatic nitrogens is 2. The number of amides is 1. The summed E-state index contributed by atoms with van der Waals surface area (Å²) in [5.74, 6) is -0.499. The molecular formula is C13H11N3O2. The molecule has 1 amide bonds. The Hall–Kier alpha value is -2.56. The molecule has 1 N–H and O–H groups in total. The lowest BCUT2D eigenvalue weighted by molar-refractivity contribution is 0.0903. The van der Waals surface area contributed by atoms with Gasteiger partial charge in [-0.3, -0.25) is 9.59 Å². The minimum Gasteiger partial charge on any atom is -0.344 e. The lowest BCUT2D eigenvalue weighted by atomic mass is 10.1. The Labute approximate surface area is 104 Å². The van der Waals surface area contributed by atoms with Crippen molar-refractivity contribution in [2.45, 2.75) is 0 Å². The van der Waals surface area contributed by atoms with Crippen LogP contribution in [0.5, 0.6) is 0 Å². The predicted octanol–water partition coefficient (Wildman–Crippen LogP) is 1.09. The number of carbonyl (C=O) groups is 2. The molecule has 2 rings (SSSR count). The van der Waals surface area contributed by atoms with E-state index in [2.05, 4.69) is 15.3 Å². The molecule has 1 heterocycles. The highest BCUT2D eigenvalue weighted by molar-refractivity contribution is 6.01. The second-order valence-corrected chi connectivity index (χ2v) is 3.60. The van der Waals surface area contributed by atoms with Gasteiger partial charge < -0.3 is 5.32 Å². The van der Waals surface area contributed by atoms with Crippen molar-refractivity contribution in [3.63, 3.8) is 0 Å². The van der Waals surface area contributed by atoms with E-state index in [1.54, 1.807) is 24.3 Å². The van der Waals surface area contributed by atoms with Crippen LogP contribution in [-0.4, -0.2) is 28.2 Å². The highest BCUT2D eigenvalue weighted by Crippen LogP contribution is 1.99. The van der Waals surface area contributed by atoms with Gasteiger partial charge in [-0.1, -0.05) is 30.3 Å². The lowest BCUT2D eigenvalue weighted by Gasteiger charge is -2.03. The van der Waals surface area contributed by atoms with E-state index in [-0.39, 0.29) is 18.2 Å². The third-order valence-electron chi connectivity index (χ3n) is 2.33. The molecule has 5 nitrogen and oxygen atoms in total. The first-order valence-electron chi connectivity index (χ1n) is 5.39. The number of benzene rings is 1. The number of ketones is 1. The average molecular weight is 241 g/mol. The van der Waals surface area contributed by atoms with Crippen molar-refractivity contribution in [1.82, 2.24) is 15.3 Å². The SMILES string of the molecule is O=C(CNC(=O)c1cncnc1)c1ccccc1. The number of nitrogens with zero attached hydrogens (tertiary/aromatic N) is 2. The molecule has 0 aliphatic rings. The molecule has 5 heteroatoms. The van der Waals surface area contributed by atoms with Crippen LogP contribution >= 0.6 is 0 Å². The molecule has 90 valence electrons. The molecule has 1 aromatic carbocycles. The topological polar surface area (TPSA) is 72.0 Å². The quantitative estimate of drug-likeness (QED) is 0.813. The summed E-state index contributed by atoms with van der Waals surface area (Å²) in [5, 5.41) is 2.53. The standard InChI is InChI=1S/C13H11N3O2/c17-12(10-4-2-1-3-5-10)8-16-13(18)11-6-14-9-15-7-11/h1-7,9H,8H2,(H,16,18). The predicted molar refractivity (Wildman–Crippen MR) is 65.1 cm³/mol. The smallest absolute Gasteiger partial charge is 0.254 e. The molecule has 0 aliphatic heterocycles. The molecule has 0 fully saturated rings. The number of rotatable bonds is 4. The van der Waals surface area contributed by atoms with Crippen molar-refractivity contribution in [2.24, 2.45) is 0 Å². The number of hydrogen-bond donors (Lipinski definition) is 1. The molecule has 0 saturated heterocycles. The van der Waals surface area contributed by atoms with Crippen LogP contribution in [0.1, 0.15) is 20.7 Å². The molecule has 0 spiro atoms. The molecule has 0 aliphatic carbocycles. The Balaban J connectivity index is 1.93. The van der Waals surface area contributed by atoms with Crippen LogP contribution in [0.2, 0.25) is 0 Å². The molecule has 1 aromatic heterocycles. The maximum absolute atomic E-state index is 11.7. The summed E-state index contributed by atoms with van der Waals surface area (Å²) in [6, 6.07) is 8.80. The van der Waals surface area contributed by atoms with Crippen LogP contribution in [-0.2, 0) is 0 Å². The van der Waals surface area contributed by atoms with Crippen molar-refractivity contribution < 1.29 is 9.59 Å². The highest BCUT2D eigenvalue weighted by atomic mass is 16.2. The van der Waals surface area contributed by atoms with Gasteiger partial charge in [-0.15, -0.1) is 0 Å². The average Bonchev–Trinajstić information content (AvgIpc) is 2.46. The maximum Gasteiger partial charge on any atom is 0.254 e. The summed E-state index contributed by atoms with van der Waals surface area (Å²) in [7, 11) is 0. The minimum atomic E-state index is -0.361. The monoisotopic (exact) mass is 241 g/mol. The zero-order valence-corrected chi connectivity index (χ0v) is 9.54. The van der Waals surface area contributed by atoms with Crippen LogP contribution in [0.4, 0.5) is 0 Å². The van der Waals surface area contributed by atoms with E-state index in [0.29, 0.717) is 11.1 Å². The highest BCUT2D eigenvalue weighted by Gasteiger charge is 2.09. The third-order valence-corrected chi connectivity index (χ3v) is 2.33. The fraction of sp³-hybridized carbons (Fsp3) is 0.0769. The van der Waals surface area contributed by atoms with Crippen LogP contribution in [0.15, 0.2) is 49.1 Å². The van der Waals surface area contributed by atoms with Crippen LogP contribution in [0, 0.1) is 0 Å². The fourth-order valence-electron chi connectivity index (χ4n) is 1.41. The summed E-state index contributed by atoms with van der Waals surface area (Å²) in [6.45, 7) is -0.0439. The second kappa shape index (κ2) is 5.67. The van der Waals surface area contributed by atoms with E-state index in [1.807, 2.05) is 6.07 Å². The Morgan fingerprint density at radius 2 is 1.67 bits per heavy atom. The molecule has 0 bridgehead atoms. The first-order chi connectivity index (χ1) is 8.77. The minimum absolute atomic E-state index is 0.0439. The number of carbonyl (C=O) groups excluding carboxylic acids is 2. The van der Waals surface area contributed by atoms with Gasteiger partial charge in [0.2, 0.25) is 0 Å². The number of hydrogen-bond acceptors (Lipinski definition) is 4. The van der Waals surface area contributed by atoms with Gasteiger partial charge in [-0.05, 0) is 0 Å². The van der Waals surface area contributed by atoms with Gasteiger partial charge in [0.25, 0.3) is 5.91 Å². The Bertz CT molecular complexity index is 489. The van der Waals surface area contributed by atoms with Crippen molar-refractivity contribution in [1.29, 1.82) is 0 Å². The van der Waals surface area contributed by atoms with Crippen LogP contribution < -0.4 is 5.32 Å². The van der Waals surface area contributed by atoms with Gasteiger partial charge >= 0.3 is 0 Å². The normalized spacial score (nSPS) is 9.78. The summed E-state index contributed by atoms with van der Waals surface area (Å²) in [6.07, 6.45) is 4.14. The lowest BCUT2D eigenvalue weighted by Crippen LogP contribution is -2.29. The zero-order valence-electron chi connectivity index (χ0n) is 9.54. The third kappa shape index (κ3) is 2.98. The van der Waals surface area contributed by atoms with Gasteiger partial charge in [0, 0.05) is 18.0 Å². The number of Topliss-reactive ketones (excluding diaryl/α,β-unsaturated/α-hetero) is 1. The molecule has 18 heavy (non-hydrogen) atoms. The Morgan fingerprint density at radius 1 is 1.00 bits per heavy atom. The van der Waals surface area contributed by atoms with Crippen LogP contribution in [0.3, 0.4) is 0 Å². The van der Waals surface area contributed by atoms with E-state index >= 15 is 0 Å². The maximum atomic E-state index is 11.7. The molecule has 0 atom stereocenters. The molecule has 2 aromatic rings. The first-order valence-corrected chi connectivity index (χ1v) is 5.39. The van der Waals surface area contributed by atoms with Gasteiger partial charge in [0.15, 0.2) is 5.78 Å². The Kier molecular flexibility index (Phi) is 3.76. The number of nitrogens with one attached hydrogen (secondary N) is 1. The van der Waals surface area contributed by atoms with Gasteiger partial charge in [-0.2, -0.15) is 0 Å². The van der Waals surface area contributed by atoms with Gasteiger partial charge in [0.1, 0.15) is 6.33 Å². The largest absolute Gasteiger partial charge is 0.344 e. The van der Waals surface area contributed by atoms with E-state index in [4.69, 9.17) is 0 Å². The van der Waals surface area contributed by atoms with Gasteiger partial charge in [0.05, 0.1) is 12.1 Å². The van der Waals surface area contributed by atoms with Crippen molar-refractivity contribution in [3.05, 3.63) is 60.2 Å².